The number of hydrogen-bond donors (Lipinski definition) is 1. The number of carbonyl (C=O) groups excluding carboxylic acids is 1. The highest BCUT2D eigenvalue weighted by atomic mass is 32.2. The third-order valence-electron chi connectivity index (χ3n) is 2.87. The molecule has 6 heteroatoms. The minimum absolute atomic E-state index is 0.0367. The van der Waals surface area contributed by atoms with Crippen LogP contribution in [0.4, 0.5) is 4.79 Å². The minimum Gasteiger partial charge on any atom is -0.337 e. The molecule has 1 N–H and O–H groups in total. The van der Waals surface area contributed by atoms with Crippen LogP contribution in [0.3, 0.4) is 0 Å². The molecular weight excluding hydrogens is 280 g/mol. The Balaban J connectivity index is 1.71. The van der Waals surface area contributed by atoms with Crippen LogP contribution in [0.2, 0.25) is 0 Å². The van der Waals surface area contributed by atoms with Gasteiger partial charge in [0.05, 0.1) is 10.8 Å². The predicted octanol–water partition coefficient (Wildman–Crippen LogP) is 1.55. The van der Waals surface area contributed by atoms with Gasteiger partial charge in [0.2, 0.25) is 0 Å². The summed E-state index contributed by atoms with van der Waals surface area (Å²) in [5.74, 6) is 2.46. The summed E-state index contributed by atoms with van der Waals surface area (Å²) in [6, 6.07) is 9.30. The number of benzene rings is 1. The number of hydrogen-bond acceptors (Lipinski definition) is 3. The van der Waals surface area contributed by atoms with E-state index in [4.69, 9.17) is 0 Å². The van der Waals surface area contributed by atoms with Gasteiger partial charge in [-0.2, -0.15) is 11.8 Å². The van der Waals surface area contributed by atoms with Gasteiger partial charge in [-0.05, 0) is 12.1 Å². The van der Waals surface area contributed by atoms with Gasteiger partial charge < -0.3 is 10.2 Å². The fraction of sp³-hybridized carbons (Fsp3) is 0.462. The van der Waals surface area contributed by atoms with E-state index < -0.39 is 10.8 Å². The monoisotopic (exact) mass is 298 g/mol. The Bertz CT molecular complexity index is 434. The first-order valence-electron chi connectivity index (χ1n) is 6.31. The molecule has 0 aromatic heterocycles. The first kappa shape index (κ1) is 14.4. The maximum atomic E-state index is 11.9. The van der Waals surface area contributed by atoms with Crippen molar-refractivity contribution in [3.8, 4) is 0 Å². The standard InChI is InChI=1S/C13H18N2O2S2/c16-13(15-7-9-18-10-8-15)14-6-11-19(17)12-4-2-1-3-5-12/h1-5H,6-11H2,(H,14,16)/t19-/m0/s1. The van der Waals surface area contributed by atoms with Gasteiger partial charge >= 0.3 is 6.03 Å². The molecule has 0 bridgehead atoms. The highest BCUT2D eigenvalue weighted by molar-refractivity contribution is 7.99. The number of amides is 2. The molecule has 4 nitrogen and oxygen atoms in total. The van der Waals surface area contributed by atoms with Gasteiger partial charge in [0, 0.05) is 41.8 Å². The topological polar surface area (TPSA) is 49.4 Å². The van der Waals surface area contributed by atoms with Crippen LogP contribution >= 0.6 is 11.8 Å². The average molecular weight is 298 g/mol. The van der Waals surface area contributed by atoms with Crippen molar-refractivity contribution in [2.75, 3.05) is 36.9 Å². The summed E-state index contributed by atoms with van der Waals surface area (Å²) < 4.78 is 11.9. The van der Waals surface area contributed by atoms with E-state index in [2.05, 4.69) is 5.32 Å². The van der Waals surface area contributed by atoms with Gasteiger partial charge in [0.1, 0.15) is 0 Å². The number of rotatable bonds is 4. The summed E-state index contributed by atoms with van der Waals surface area (Å²) in [5, 5.41) is 2.84. The third kappa shape index (κ3) is 4.54. The van der Waals surface area contributed by atoms with E-state index >= 15 is 0 Å². The average Bonchev–Trinajstić information content (AvgIpc) is 2.49. The summed E-state index contributed by atoms with van der Waals surface area (Å²) in [4.78, 5) is 14.5. The molecule has 1 aromatic rings. The second kappa shape index (κ2) is 7.55. The SMILES string of the molecule is O=C(NCC[S@](=O)c1ccccc1)N1CCSCC1. The molecule has 1 aromatic carbocycles. The summed E-state index contributed by atoms with van der Waals surface area (Å²) in [6.45, 7) is 2.06. The highest BCUT2D eigenvalue weighted by Crippen LogP contribution is 2.09. The second-order valence-electron chi connectivity index (χ2n) is 4.19. The molecule has 1 atom stereocenters. The van der Waals surface area contributed by atoms with Crippen molar-refractivity contribution >= 4 is 28.6 Å². The lowest BCUT2D eigenvalue weighted by Gasteiger charge is -2.26. The van der Waals surface area contributed by atoms with Gasteiger partial charge in [0.25, 0.3) is 0 Å². The summed E-state index contributed by atoms with van der Waals surface area (Å²) >= 11 is 1.87. The molecule has 19 heavy (non-hydrogen) atoms. The van der Waals surface area contributed by atoms with E-state index in [1.807, 2.05) is 47.0 Å². The van der Waals surface area contributed by atoms with Crippen molar-refractivity contribution in [3.05, 3.63) is 30.3 Å². The van der Waals surface area contributed by atoms with Crippen molar-refractivity contribution in [3.63, 3.8) is 0 Å². The number of thioether (sulfide) groups is 1. The van der Waals surface area contributed by atoms with Crippen molar-refractivity contribution in [1.82, 2.24) is 10.2 Å². The number of carbonyl (C=O) groups is 1. The van der Waals surface area contributed by atoms with Crippen LogP contribution in [0.15, 0.2) is 35.2 Å². The normalized spacial score (nSPS) is 16.9. The van der Waals surface area contributed by atoms with Crippen LogP contribution in [0.1, 0.15) is 0 Å². The molecule has 0 aliphatic carbocycles. The molecule has 1 aliphatic heterocycles. The predicted molar refractivity (Wildman–Crippen MR) is 80.0 cm³/mol. The maximum Gasteiger partial charge on any atom is 0.317 e. The lowest BCUT2D eigenvalue weighted by atomic mass is 10.4. The Morgan fingerprint density at radius 1 is 1.26 bits per heavy atom. The number of nitrogens with one attached hydrogen (secondary N) is 1. The maximum absolute atomic E-state index is 11.9. The largest absolute Gasteiger partial charge is 0.337 e. The quantitative estimate of drug-likeness (QED) is 0.917. The van der Waals surface area contributed by atoms with Crippen LogP contribution in [0.25, 0.3) is 0 Å². The minimum atomic E-state index is -1.04. The molecular formula is C13H18N2O2S2. The zero-order valence-electron chi connectivity index (χ0n) is 10.7. The number of urea groups is 1. The van der Waals surface area contributed by atoms with Gasteiger partial charge in [-0.1, -0.05) is 18.2 Å². The van der Waals surface area contributed by atoms with Crippen LogP contribution in [-0.4, -0.2) is 52.0 Å². The smallest absolute Gasteiger partial charge is 0.317 e. The van der Waals surface area contributed by atoms with Crippen molar-refractivity contribution in [1.29, 1.82) is 0 Å². The molecule has 1 fully saturated rings. The van der Waals surface area contributed by atoms with E-state index in [1.165, 1.54) is 0 Å². The Hall–Kier alpha value is -1.01. The fourth-order valence-corrected chi connectivity index (χ4v) is 3.71. The second-order valence-corrected chi connectivity index (χ2v) is 6.99. The van der Waals surface area contributed by atoms with E-state index in [1.54, 1.807) is 0 Å². The third-order valence-corrected chi connectivity index (χ3v) is 5.18. The van der Waals surface area contributed by atoms with Gasteiger partial charge in [0.15, 0.2) is 0 Å². The molecule has 0 saturated carbocycles. The fourth-order valence-electron chi connectivity index (χ4n) is 1.82. The zero-order chi connectivity index (χ0) is 13.5. The van der Waals surface area contributed by atoms with Gasteiger partial charge in [-0.15, -0.1) is 0 Å². The van der Waals surface area contributed by atoms with Crippen molar-refractivity contribution < 1.29 is 9.00 Å². The van der Waals surface area contributed by atoms with Crippen molar-refractivity contribution in [2.45, 2.75) is 4.90 Å². The Morgan fingerprint density at radius 3 is 2.63 bits per heavy atom. The highest BCUT2D eigenvalue weighted by Gasteiger charge is 2.16. The molecule has 1 saturated heterocycles. The van der Waals surface area contributed by atoms with Crippen molar-refractivity contribution in [2.24, 2.45) is 0 Å². The molecule has 0 unspecified atom stereocenters. The van der Waals surface area contributed by atoms with Crippen LogP contribution < -0.4 is 5.32 Å². The van der Waals surface area contributed by atoms with Gasteiger partial charge in [-0.3, -0.25) is 4.21 Å². The Morgan fingerprint density at radius 2 is 1.95 bits per heavy atom. The Kier molecular flexibility index (Phi) is 5.72. The lowest BCUT2D eigenvalue weighted by Crippen LogP contribution is -2.45. The first-order valence-corrected chi connectivity index (χ1v) is 8.78. The van der Waals surface area contributed by atoms with E-state index in [0.29, 0.717) is 12.3 Å². The first-order chi connectivity index (χ1) is 9.27. The van der Waals surface area contributed by atoms with Gasteiger partial charge in [-0.25, -0.2) is 4.79 Å². The molecule has 0 radical (unpaired) electrons. The molecule has 1 aliphatic rings. The molecule has 0 spiro atoms. The van der Waals surface area contributed by atoms with Crippen LogP contribution in [0, 0.1) is 0 Å². The van der Waals surface area contributed by atoms with E-state index in [0.717, 1.165) is 29.5 Å². The molecule has 104 valence electrons. The lowest BCUT2D eigenvalue weighted by molar-refractivity contribution is 0.204. The molecule has 2 amide bonds. The molecule has 1 heterocycles. The summed E-state index contributed by atoms with van der Waals surface area (Å²) in [5.41, 5.74) is 0. The zero-order valence-corrected chi connectivity index (χ0v) is 12.3. The molecule has 2 rings (SSSR count). The Labute approximate surface area is 120 Å². The van der Waals surface area contributed by atoms with Crippen LogP contribution in [-0.2, 0) is 10.8 Å². The number of nitrogens with zero attached hydrogens (tertiary/aromatic N) is 1. The van der Waals surface area contributed by atoms with Crippen LogP contribution in [0.5, 0.6) is 0 Å². The summed E-state index contributed by atoms with van der Waals surface area (Å²) in [7, 11) is -1.04. The van der Waals surface area contributed by atoms with E-state index in [-0.39, 0.29) is 6.03 Å². The van der Waals surface area contributed by atoms with E-state index in [9.17, 15) is 9.00 Å². The summed E-state index contributed by atoms with van der Waals surface area (Å²) in [6.07, 6.45) is 0.